The highest BCUT2D eigenvalue weighted by atomic mass is 32.1. The number of ether oxygens (including phenoxy) is 1. The number of carboxylic acid groups (broad SMARTS) is 1. The van der Waals surface area contributed by atoms with Crippen molar-refractivity contribution in [1.82, 2.24) is 0 Å². The molecule has 0 saturated heterocycles. The highest BCUT2D eigenvalue weighted by Gasteiger charge is 2.15. The Morgan fingerprint density at radius 2 is 2.54 bits per heavy atom. The van der Waals surface area contributed by atoms with E-state index in [1.54, 1.807) is 18.4 Å². The highest BCUT2D eigenvalue weighted by Crippen LogP contribution is 2.24. The Morgan fingerprint density at radius 1 is 1.77 bits per heavy atom. The molecule has 1 N–H and O–H groups in total. The SMILES string of the molecule is COCC(CC(=O)O)c1cccs1. The molecule has 0 spiro atoms. The molecule has 1 unspecified atom stereocenters. The molecule has 13 heavy (non-hydrogen) atoms. The summed E-state index contributed by atoms with van der Waals surface area (Å²) in [7, 11) is 1.59. The van der Waals surface area contributed by atoms with Gasteiger partial charge in [0.05, 0.1) is 13.0 Å². The molecule has 0 fully saturated rings. The topological polar surface area (TPSA) is 46.5 Å². The number of rotatable bonds is 5. The molecule has 0 bridgehead atoms. The first-order valence-corrected chi connectivity index (χ1v) is 4.86. The van der Waals surface area contributed by atoms with Crippen LogP contribution in [0.4, 0.5) is 0 Å². The van der Waals surface area contributed by atoms with Gasteiger partial charge in [-0.1, -0.05) is 6.07 Å². The summed E-state index contributed by atoms with van der Waals surface area (Å²) in [6.45, 7) is 0.465. The predicted molar refractivity (Wildman–Crippen MR) is 51.2 cm³/mol. The number of thiophene rings is 1. The smallest absolute Gasteiger partial charge is 0.304 e. The molecule has 3 nitrogen and oxygen atoms in total. The van der Waals surface area contributed by atoms with Crippen LogP contribution in [0.5, 0.6) is 0 Å². The zero-order chi connectivity index (χ0) is 9.68. The summed E-state index contributed by atoms with van der Waals surface area (Å²) >= 11 is 1.57. The Kier molecular flexibility index (Phi) is 3.92. The minimum Gasteiger partial charge on any atom is -0.481 e. The monoisotopic (exact) mass is 200 g/mol. The average Bonchev–Trinajstić information content (AvgIpc) is 2.54. The van der Waals surface area contributed by atoms with Crippen LogP contribution >= 0.6 is 11.3 Å². The molecule has 1 aromatic rings. The van der Waals surface area contributed by atoms with Gasteiger partial charge in [0.2, 0.25) is 0 Å². The summed E-state index contributed by atoms with van der Waals surface area (Å²) in [5, 5.41) is 10.6. The van der Waals surface area contributed by atoms with Gasteiger partial charge in [-0.3, -0.25) is 4.79 Å². The van der Waals surface area contributed by atoms with E-state index >= 15 is 0 Å². The van der Waals surface area contributed by atoms with Crippen molar-refractivity contribution in [2.24, 2.45) is 0 Å². The summed E-state index contributed by atoms with van der Waals surface area (Å²) in [5.74, 6) is -0.794. The Labute approximate surface area is 81.0 Å². The lowest BCUT2D eigenvalue weighted by Crippen LogP contribution is -2.10. The van der Waals surface area contributed by atoms with E-state index in [9.17, 15) is 4.79 Å². The Hall–Kier alpha value is -0.870. The van der Waals surface area contributed by atoms with E-state index in [-0.39, 0.29) is 12.3 Å². The van der Waals surface area contributed by atoms with Crippen molar-refractivity contribution < 1.29 is 14.6 Å². The molecule has 4 heteroatoms. The van der Waals surface area contributed by atoms with E-state index in [0.717, 1.165) is 4.88 Å². The molecule has 0 saturated carbocycles. The maximum Gasteiger partial charge on any atom is 0.304 e. The quantitative estimate of drug-likeness (QED) is 0.790. The summed E-state index contributed by atoms with van der Waals surface area (Å²) in [6, 6.07) is 3.86. The zero-order valence-corrected chi connectivity index (χ0v) is 8.21. The standard InChI is InChI=1S/C9H12O3S/c1-12-6-7(5-9(10)11)8-3-2-4-13-8/h2-4,7H,5-6H2,1H3,(H,10,11). The van der Waals surface area contributed by atoms with Crippen LogP contribution in [0.15, 0.2) is 17.5 Å². The van der Waals surface area contributed by atoms with E-state index in [1.165, 1.54) is 0 Å². The minimum atomic E-state index is -0.782. The first-order chi connectivity index (χ1) is 6.24. The molecular weight excluding hydrogens is 188 g/mol. The predicted octanol–water partition coefficient (Wildman–Crippen LogP) is 1.95. The molecular formula is C9H12O3S. The van der Waals surface area contributed by atoms with Gasteiger partial charge in [0.15, 0.2) is 0 Å². The molecule has 1 rings (SSSR count). The lowest BCUT2D eigenvalue weighted by molar-refractivity contribution is -0.137. The summed E-state index contributed by atoms with van der Waals surface area (Å²) in [5.41, 5.74) is 0. The van der Waals surface area contributed by atoms with E-state index in [0.29, 0.717) is 6.61 Å². The molecule has 1 aromatic heterocycles. The van der Waals surface area contributed by atoms with Crippen molar-refractivity contribution in [2.45, 2.75) is 12.3 Å². The Balaban J connectivity index is 2.62. The number of methoxy groups -OCH3 is 1. The van der Waals surface area contributed by atoms with Gasteiger partial charge >= 0.3 is 5.97 Å². The number of hydrogen-bond acceptors (Lipinski definition) is 3. The largest absolute Gasteiger partial charge is 0.481 e. The van der Waals surface area contributed by atoms with Crippen LogP contribution in [0.2, 0.25) is 0 Å². The third kappa shape index (κ3) is 3.16. The molecule has 1 atom stereocenters. The maximum atomic E-state index is 10.5. The molecule has 0 aliphatic heterocycles. The Morgan fingerprint density at radius 3 is 3.00 bits per heavy atom. The Bertz CT molecular complexity index is 256. The molecule has 0 aliphatic rings. The second-order valence-electron chi connectivity index (χ2n) is 2.77. The van der Waals surface area contributed by atoms with E-state index in [2.05, 4.69) is 0 Å². The van der Waals surface area contributed by atoms with Gasteiger partial charge in [-0.2, -0.15) is 0 Å². The van der Waals surface area contributed by atoms with Gasteiger partial charge < -0.3 is 9.84 Å². The molecule has 0 radical (unpaired) electrons. The fraction of sp³-hybridized carbons (Fsp3) is 0.444. The molecule has 1 heterocycles. The highest BCUT2D eigenvalue weighted by molar-refractivity contribution is 7.10. The van der Waals surface area contributed by atoms with Crippen molar-refractivity contribution in [3.63, 3.8) is 0 Å². The van der Waals surface area contributed by atoms with Crippen LogP contribution in [0.25, 0.3) is 0 Å². The fourth-order valence-corrected chi connectivity index (χ4v) is 1.99. The summed E-state index contributed by atoms with van der Waals surface area (Å²) in [4.78, 5) is 11.6. The second-order valence-corrected chi connectivity index (χ2v) is 3.74. The molecule has 0 aliphatic carbocycles. The molecule has 0 amide bonds. The van der Waals surface area contributed by atoms with E-state index in [1.807, 2.05) is 17.5 Å². The fourth-order valence-electron chi connectivity index (χ4n) is 1.18. The average molecular weight is 200 g/mol. The number of carbonyl (C=O) groups is 1. The van der Waals surface area contributed by atoms with Crippen molar-refractivity contribution in [1.29, 1.82) is 0 Å². The van der Waals surface area contributed by atoms with Gasteiger partial charge in [-0.15, -0.1) is 11.3 Å². The number of hydrogen-bond donors (Lipinski definition) is 1. The van der Waals surface area contributed by atoms with Crippen LogP contribution in [0, 0.1) is 0 Å². The minimum absolute atomic E-state index is 0.0116. The first kappa shape index (κ1) is 10.2. The lowest BCUT2D eigenvalue weighted by Gasteiger charge is -2.10. The normalized spacial score (nSPS) is 12.7. The van der Waals surface area contributed by atoms with Crippen LogP contribution in [0.1, 0.15) is 17.2 Å². The van der Waals surface area contributed by atoms with Gasteiger partial charge in [0.25, 0.3) is 0 Å². The van der Waals surface area contributed by atoms with Gasteiger partial charge in [0, 0.05) is 17.9 Å². The van der Waals surface area contributed by atoms with Crippen molar-refractivity contribution >= 4 is 17.3 Å². The third-order valence-corrected chi connectivity index (χ3v) is 2.77. The van der Waals surface area contributed by atoms with Crippen LogP contribution in [-0.4, -0.2) is 24.8 Å². The van der Waals surface area contributed by atoms with E-state index in [4.69, 9.17) is 9.84 Å². The van der Waals surface area contributed by atoms with Gasteiger partial charge in [-0.25, -0.2) is 0 Å². The third-order valence-electron chi connectivity index (χ3n) is 1.73. The van der Waals surface area contributed by atoms with Crippen LogP contribution in [0.3, 0.4) is 0 Å². The lowest BCUT2D eigenvalue weighted by atomic mass is 10.1. The van der Waals surface area contributed by atoms with Crippen LogP contribution < -0.4 is 0 Å². The summed E-state index contributed by atoms with van der Waals surface area (Å²) < 4.78 is 4.97. The number of carboxylic acids is 1. The molecule has 72 valence electrons. The maximum absolute atomic E-state index is 10.5. The van der Waals surface area contributed by atoms with Crippen molar-refractivity contribution in [2.75, 3.05) is 13.7 Å². The second kappa shape index (κ2) is 4.99. The molecule has 0 aromatic carbocycles. The van der Waals surface area contributed by atoms with Crippen LogP contribution in [-0.2, 0) is 9.53 Å². The van der Waals surface area contributed by atoms with E-state index < -0.39 is 5.97 Å². The summed E-state index contributed by atoms with van der Waals surface area (Å²) in [6.07, 6.45) is 0.133. The van der Waals surface area contributed by atoms with Gasteiger partial charge in [0.1, 0.15) is 0 Å². The van der Waals surface area contributed by atoms with Crippen molar-refractivity contribution in [3.8, 4) is 0 Å². The zero-order valence-electron chi connectivity index (χ0n) is 7.40. The van der Waals surface area contributed by atoms with Gasteiger partial charge in [-0.05, 0) is 11.4 Å². The van der Waals surface area contributed by atoms with Crippen molar-refractivity contribution in [3.05, 3.63) is 22.4 Å². The number of aliphatic carboxylic acids is 1. The first-order valence-electron chi connectivity index (χ1n) is 3.98.